The number of hydrogen-bond acceptors (Lipinski definition) is 4. The van der Waals surface area contributed by atoms with Crippen molar-refractivity contribution < 1.29 is 14.0 Å². The molecule has 1 aliphatic heterocycles. The molecule has 2 aromatic heterocycles. The number of amides is 2. The summed E-state index contributed by atoms with van der Waals surface area (Å²) in [5, 5.41) is 5.63. The molecule has 3 aromatic rings. The number of pyridine rings is 1. The molecule has 1 saturated heterocycles. The molecule has 184 valence electrons. The number of fused-ring (bicyclic) bond motifs is 1. The number of aryl methyl sites for hydroxylation is 1. The van der Waals surface area contributed by atoms with Crippen molar-refractivity contribution in [3.05, 3.63) is 57.6 Å². The average molecular weight is 498 g/mol. The number of piperazine rings is 1. The summed E-state index contributed by atoms with van der Waals surface area (Å²) in [6.07, 6.45) is 2.17. The smallest absolute Gasteiger partial charge is 0.255 e. The largest absolute Gasteiger partial charge is 0.335 e. The zero-order valence-corrected chi connectivity index (χ0v) is 21.2. The van der Waals surface area contributed by atoms with E-state index in [4.69, 9.17) is 21.7 Å². The van der Waals surface area contributed by atoms with Crippen LogP contribution >= 0.6 is 11.6 Å². The maximum absolute atomic E-state index is 13.8. The third-order valence-corrected chi connectivity index (χ3v) is 7.02. The lowest BCUT2D eigenvalue weighted by Crippen LogP contribution is -2.50. The van der Waals surface area contributed by atoms with Crippen molar-refractivity contribution in [3.8, 4) is 0 Å². The molecule has 2 fully saturated rings. The molecular formula is C26H29ClFN5O2. The highest BCUT2D eigenvalue weighted by molar-refractivity contribution is 6.33. The number of rotatable bonds is 3. The summed E-state index contributed by atoms with van der Waals surface area (Å²) >= 11 is 6.09. The number of nitrogens with zero attached hydrogens (tertiary/aromatic N) is 5. The van der Waals surface area contributed by atoms with Gasteiger partial charge in [0.25, 0.3) is 11.8 Å². The summed E-state index contributed by atoms with van der Waals surface area (Å²) in [6.45, 7) is 9.71. The molecule has 1 saturated carbocycles. The van der Waals surface area contributed by atoms with Gasteiger partial charge in [0.05, 0.1) is 32.8 Å². The Morgan fingerprint density at radius 1 is 1.00 bits per heavy atom. The van der Waals surface area contributed by atoms with Crippen LogP contribution in [0.1, 0.15) is 71.6 Å². The van der Waals surface area contributed by atoms with Gasteiger partial charge in [-0.3, -0.25) is 9.59 Å². The van der Waals surface area contributed by atoms with Crippen molar-refractivity contribution in [2.75, 3.05) is 26.2 Å². The highest BCUT2D eigenvalue weighted by Crippen LogP contribution is 2.41. The first-order valence-electron chi connectivity index (χ1n) is 12.0. The van der Waals surface area contributed by atoms with Gasteiger partial charge in [-0.15, -0.1) is 0 Å². The fourth-order valence-electron chi connectivity index (χ4n) is 4.65. The van der Waals surface area contributed by atoms with Gasteiger partial charge in [-0.05, 0) is 64.8 Å². The molecule has 0 unspecified atom stereocenters. The van der Waals surface area contributed by atoms with Gasteiger partial charge < -0.3 is 9.80 Å². The van der Waals surface area contributed by atoms with Crippen molar-refractivity contribution >= 4 is 34.4 Å². The second-order valence-corrected chi connectivity index (χ2v) is 10.9. The van der Waals surface area contributed by atoms with E-state index >= 15 is 0 Å². The van der Waals surface area contributed by atoms with E-state index in [0.717, 1.165) is 41.3 Å². The van der Waals surface area contributed by atoms with Crippen LogP contribution in [0.3, 0.4) is 0 Å². The molecule has 2 aliphatic rings. The molecule has 9 heteroatoms. The molecule has 5 rings (SSSR count). The Kier molecular flexibility index (Phi) is 5.82. The molecular weight excluding hydrogens is 469 g/mol. The summed E-state index contributed by atoms with van der Waals surface area (Å²) < 4.78 is 15.3. The van der Waals surface area contributed by atoms with Crippen molar-refractivity contribution in [2.24, 2.45) is 0 Å². The van der Waals surface area contributed by atoms with Crippen LogP contribution < -0.4 is 0 Å². The SMILES string of the molecule is Cc1nn(C(C)(C)C)c2nc(C3CC3)cc(C(=O)N3CCN(C(=O)c4ccc(F)cc4Cl)CC3)c12. The number of aromatic nitrogens is 3. The second-order valence-electron chi connectivity index (χ2n) is 10.4. The highest BCUT2D eigenvalue weighted by atomic mass is 35.5. The van der Waals surface area contributed by atoms with Gasteiger partial charge in [-0.1, -0.05) is 11.6 Å². The van der Waals surface area contributed by atoms with Crippen molar-refractivity contribution in [1.29, 1.82) is 0 Å². The minimum Gasteiger partial charge on any atom is -0.335 e. The maximum Gasteiger partial charge on any atom is 0.255 e. The van der Waals surface area contributed by atoms with Gasteiger partial charge in [0, 0.05) is 37.8 Å². The Balaban J connectivity index is 1.41. The monoisotopic (exact) mass is 497 g/mol. The van der Waals surface area contributed by atoms with E-state index in [2.05, 4.69) is 20.8 Å². The minimum atomic E-state index is -0.485. The first-order valence-corrected chi connectivity index (χ1v) is 12.4. The average Bonchev–Trinajstić information content (AvgIpc) is 3.60. The molecule has 0 atom stereocenters. The number of hydrogen-bond donors (Lipinski definition) is 0. The van der Waals surface area contributed by atoms with Gasteiger partial charge in [0.2, 0.25) is 0 Å². The van der Waals surface area contributed by atoms with E-state index in [1.807, 2.05) is 17.7 Å². The molecule has 1 aliphatic carbocycles. The molecule has 2 amide bonds. The fourth-order valence-corrected chi connectivity index (χ4v) is 4.90. The lowest BCUT2D eigenvalue weighted by Gasteiger charge is -2.35. The third-order valence-electron chi connectivity index (χ3n) is 6.71. The van der Waals surface area contributed by atoms with Crippen LogP contribution in [0.5, 0.6) is 0 Å². The minimum absolute atomic E-state index is 0.0669. The number of carbonyl (C=O) groups excluding carboxylic acids is 2. The van der Waals surface area contributed by atoms with E-state index in [-0.39, 0.29) is 27.9 Å². The Morgan fingerprint density at radius 3 is 2.14 bits per heavy atom. The molecule has 1 aromatic carbocycles. The Hall–Kier alpha value is -3.00. The van der Waals surface area contributed by atoms with Crippen LogP contribution in [0, 0.1) is 12.7 Å². The first-order chi connectivity index (χ1) is 16.5. The first kappa shape index (κ1) is 23.7. The van der Waals surface area contributed by atoms with Crippen LogP contribution in [0.2, 0.25) is 5.02 Å². The lowest BCUT2D eigenvalue weighted by molar-refractivity contribution is 0.0536. The molecule has 0 N–H and O–H groups in total. The zero-order valence-electron chi connectivity index (χ0n) is 20.4. The summed E-state index contributed by atoms with van der Waals surface area (Å²) in [7, 11) is 0. The van der Waals surface area contributed by atoms with E-state index < -0.39 is 5.82 Å². The molecule has 0 bridgehead atoms. The van der Waals surface area contributed by atoms with Gasteiger partial charge in [0.15, 0.2) is 5.65 Å². The number of carbonyl (C=O) groups is 2. The van der Waals surface area contributed by atoms with Crippen LogP contribution in [0.25, 0.3) is 11.0 Å². The van der Waals surface area contributed by atoms with Crippen LogP contribution in [-0.4, -0.2) is 62.6 Å². The van der Waals surface area contributed by atoms with Crippen molar-refractivity contribution in [1.82, 2.24) is 24.6 Å². The summed E-state index contributed by atoms with van der Waals surface area (Å²) in [4.78, 5) is 35.0. The predicted octanol–water partition coefficient (Wildman–Crippen LogP) is 4.76. The van der Waals surface area contributed by atoms with E-state index in [1.165, 1.54) is 12.1 Å². The van der Waals surface area contributed by atoms with Gasteiger partial charge in [-0.25, -0.2) is 14.1 Å². The van der Waals surface area contributed by atoms with Gasteiger partial charge >= 0.3 is 0 Å². The Bertz CT molecular complexity index is 1330. The topological polar surface area (TPSA) is 71.3 Å². The molecule has 7 nitrogen and oxygen atoms in total. The summed E-state index contributed by atoms with van der Waals surface area (Å²) in [5.41, 5.74) is 3.12. The predicted molar refractivity (Wildman–Crippen MR) is 132 cm³/mol. The molecule has 3 heterocycles. The van der Waals surface area contributed by atoms with Crippen molar-refractivity contribution in [2.45, 2.75) is 52.0 Å². The molecule has 0 spiro atoms. The Morgan fingerprint density at radius 2 is 1.60 bits per heavy atom. The zero-order chi connectivity index (χ0) is 25.1. The third kappa shape index (κ3) is 4.40. The quantitative estimate of drug-likeness (QED) is 0.523. The van der Waals surface area contributed by atoms with E-state index in [0.29, 0.717) is 37.7 Å². The molecule has 35 heavy (non-hydrogen) atoms. The van der Waals surface area contributed by atoms with Crippen molar-refractivity contribution in [3.63, 3.8) is 0 Å². The van der Waals surface area contributed by atoms with Gasteiger partial charge in [0.1, 0.15) is 5.82 Å². The Labute approximate surface area is 208 Å². The normalized spacial score (nSPS) is 16.7. The van der Waals surface area contributed by atoms with Crippen LogP contribution in [0.4, 0.5) is 4.39 Å². The van der Waals surface area contributed by atoms with Gasteiger partial charge in [-0.2, -0.15) is 5.10 Å². The fraction of sp³-hybridized carbons (Fsp3) is 0.462. The lowest BCUT2D eigenvalue weighted by atomic mass is 10.0. The standard InChI is InChI=1S/C26H29ClFN5O2/c1-15-22-19(14-21(16-5-6-16)29-23(22)33(30-15)26(2,3)4)25(35)32-11-9-31(10-12-32)24(34)18-8-7-17(28)13-20(18)27/h7-8,13-14,16H,5-6,9-12H2,1-4H3. The second kappa shape index (κ2) is 8.59. The number of halogens is 2. The van der Waals surface area contributed by atoms with Crippen LogP contribution in [-0.2, 0) is 5.54 Å². The maximum atomic E-state index is 13.8. The number of benzene rings is 1. The summed E-state index contributed by atoms with van der Waals surface area (Å²) in [5.74, 6) is -0.416. The summed E-state index contributed by atoms with van der Waals surface area (Å²) in [6, 6.07) is 5.71. The van der Waals surface area contributed by atoms with Crippen LogP contribution in [0.15, 0.2) is 24.3 Å². The highest BCUT2D eigenvalue weighted by Gasteiger charge is 2.33. The van der Waals surface area contributed by atoms with E-state index in [9.17, 15) is 14.0 Å². The molecule has 0 radical (unpaired) electrons. The van der Waals surface area contributed by atoms with E-state index in [1.54, 1.807) is 9.80 Å².